The molecule has 0 aromatic heterocycles. The van der Waals surface area contributed by atoms with E-state index < -0.39 is 0 Å². The Bertz CT molecular complexity index is 329. The average molecular weight is 234 g/mol. The van der Waals surface area contributed by atoms with E-state index in [1.807, 2.05) is 0 Å². The van der Waals surface area contributed by atoms with Crippen molar-refractivity contribution in [2.24, 2.45) is 35.0 Å². The van der Waals surface area contributed by atoms with Gasteiger partial charge in [-0.3, -0.25) is 10.9 Å². The number of rotatable bonds is 1. The molecule has 0 radical (unpaired) electrons. The van der Waals surface area contributed by atoms with Gasteiger partial charge < -0.3 is 0 Å². The van der Waals surface area contributed by atoms with Gasteiger partial charge in [-0.1, -0.05) is 20.3 Å². The van der Waals surface area contributed by atoms with Gasteiger partial charge in [0.05, 0.1) is 0 Å². The van der Waals surface area contributed by atoms with Crippen LogP contribution in [0.5, 0.6) is 0 Å². The van der Waals surface area contributed by atoms with Crippen molar-refractivity contribution < 1.29 is 0 Å². The van der Waals surface area contributed by atoms with E-state index in [1.54, 1.807) is 0 Å². The lowest BCUT2D eigenvalue weighted by molar-refractivity contribution is 0.0228. The van der Waals surface area contributed by atoms with E-state index >= 15 is 0 Å². The van der Waals surface area contributed by atoms with Gasteiger partial charge in [0, 0.05) is 12.6 Å². The van der Waals surface area contributed by atoms with Crippen molar-refractivity contribution in [1.82, 2.24) is 10.9 Å². The summed E-state index contributed by atoms with van der Waals surface area (Å²) in [5.74, 6) is 5.16. The minimum absolute atomic E-state index is 0.742. The lowest BCUT2D eigenvalue weighted by Crippen LogP contribution is -2.46. The van der Waals surface area contributed by atoms with Gasteiger partial charge in [-0.15, -0.1) is 0 Å². The number of fused-ring (bicyclic) bond motifs is 4. The van der Waals surface area contributed by atoms with Crippen molar-refractivity contribution in [3.8, 4) is 0 Å². The second kappa shape index (κ2) is 3.48. The molecule has 0 bridgehead atoms. The average Bonchev–Trinajstić information content (AvgIpc) is 2.78. The Balaban J connectivity index is 1.63. The first-order valence-electron chi connectivity index (χ1n) is 7.71. The van der Waals surface area contributed by atoms with Gasteiger partial charge in [0.2, 0.25) is 0 Å². The molecular formula is C15H26N2. The minimum Gasteiger partial charge on any atom is -0.257 e. The summed E-state index contributed by atoms with van der Waals surface area (Å²) in [5, 5.41) is 0. The van der Waals surface area contributed by atoms with Crippen molar-refractivity contribution in [2.75, 3.05) is 6.54 Å². The Morgan fingerprint density at radius 3 is 2.82 bits per heavy atom. The minimum atomic E-state index is 0.742. The van der Waals surface area contributed by atoms with E-state index in [9.17, 15) is 0 Å². The summed E-state index contributed by atoms with van der Waals surface area (Å²) in [6.45, 7) is 6.22. The summed E-state index contributed by atoms with van der Waals surface area (Å²) >= 11 is 0. The molecule has 4 rings (SSSR count). The molecule has 7 unspecified atom stereocenters. The van der Waals surface area contributed by atoms with Crippen LogP contribution in [0.3, 0.4) is 0 Å². The maximum absolute atomic E-state index is 3.52. The molecule has 0 spiro atoms. The molecule has 0 aromatic rings. The monoisotopic (exact) mass is 234 g/mol. The predicted molar refractivity (Wildman–Crippen MR) is 69.2 cm³/mol. The van der Waals surface area contributed by atoms with E-state index in [-0.39, 0.29) is 0 Å². The molecule has 1 aliphatic heterocycles. The molecule has 3 aliphatic carbocycles. The van der Waals surface area contributed by atoms with Crippen molar-refractivity contribution >= 4 is 0 Å². The summed E-state index contributed by atoms with van der Waals surface area (Å²) < 4.78 is 0. The van der Waals surface area contributed by atoms with Gasteiger partial charge in [0.15, 0.2) is 0 Å². The summed E-state index contributed by atoms with van der Waals surface area (Å²) in [5.41, 5.74) is 7.68. The van der Waals surface area contributed by atoms with Crippen LogP contribution in [-0.2, 0) is 0 Å². The molecule has 4 fully saturated rings. The maximum Gasteiger partial charge on any atom is 0.0256 e. The molecule has 2 nitrogen and oxygen atoms in total. The smallest absolute Gasteiger partial charge is 0.0256 e. The van der Waals surface area contributed by atoms with Crippen LogP contribution in [0.1, 0.15) is 46.0 Å². The third kappa shape index (κ3) is 1.40. The number of hydrogen-bond acceptors (Lipinski definition) is 2. The van der Waals surface area contributed by atoms with Crippen LogP contribution >= 0.6 is 0 Å². The molecule has 2 N–H and O–H groups in total. The van der Waals surface area contributed by atoms with Crippen LogP contribution in [0.2, 0.25) is 0 Å². The summed E-state index contributed by atoms with van der Waals surface area (Å²) in [7, 11) is 0. The van der Waals surface area contributed by atoms with E-state index in [0.29, 0.717) is 0 Å². The van der Waals surface area contributed by atoms with Gasteiger partial charge in [0.1, 0.15) is 0 Å². The largest absolute Gasteiger partial charge is 0.257 e. The Hall–Kier alpha value is -0.0800. The molecule has 17 heavy (non-hydrogen) atoms. The summed E-state index contributed by atoms with van der Waals surface area (Å²) in [6.07, 6.45) is 7.41. The Labute approximate surface area is 105 Å². The third-order valence-corrected chi connectivity index (χ3v) is 6.71. The van der Waals surface area contributed by atoms with Crippen molar-refractivity contribution in [1.29, 1.82) is 0 Å². The fourth-order valence-electron chi connectivity index (χ4n) is 5.80. The van der Waals surface area contributed by atoms with Crippen molar-refractivity contribution in [3.63, 3.8) is 0 Å². The molecule has 0 aromatic carbocycles. The molecule has 2 heteroatoms. The van der Waals surface area contributed by atoms with Crippen LogP contribution in [-0.4, -0.2) is 12.6 Å². The van der Waals surface area contributed by atoms with Crippen LogP contribution in [0.4, 0.5) is 0 Å². The highest BCUT2D eigenvalue weighted by Crippen LogP contribution is 2.69. The lowest BCUT2D eigenvalue weighted by atomic mass is 9.58. The Kier molecular flexibility index (Phi) is 2.21. The van der Waals surface area contributed by atoms with Gasteiger partial charge in [-0.05, 0) is 60.7 Å². The van der Waals surface area contributed by atoms with E-state index in [4.69, 9.17) is 0 Å². The second-order valence-corrected chi connectivity index (χ2v) is 7.44. The molecular weight excluding hydrogens is 208 g/mol. The quantitative estimate of drug-likeness (QED) is 0.728. The SMILES string of the molecule is CCC1C2CCC3NNCC3C2CC2(C)CC12. The molecule has 7 atom stereocenters. The predicted octanol–water partition coefficient (Wildman–Crippen LogP) is 2.56. The van der Waals surface area contributed by atoms with Crippen LogP contribution in [0.15, 0.2) is 0 Å². The van der Waals surface area contributed by atoms with E-state index in [0.717, 1.165) is 41.0 Å². The highest BCUT2D eigenvalue weighted by atomic mass is 15.4. The lowest BCUT2D eigenvalue weighted by Gasteiger charge is -2.48. The Morgan fingerprint density at radius 2 is 2.00 bits per heavy atom. The van der Waals surface area contributed by atoms with Crippen LogP contribution in [0, 0.1) is 35.0 Å². The topological polar surface area (TPSA) is 24.1 Å². The maximum atomic E-state index is 3.52. The highest BCUT2D eigenvalue weighted by Gasteiger charge is 2.62. The molecule has 4 aliphatic rings. The fourth-order valence-corrected chi connectivity index (χ4v) is 5.80. The highest BCUT2D eigenvalue weighted by molar-refractivity contribution is 5.12. The molecule has 3 saturated carbocycles. The molecule has 96 valence electrons. The summed E-state index contributed by atoms with van der Waals surface area (Å²) in [4.78, 5) is 0. The van der Waals surface area contributed by atoms with Crippen molar-refractivity contribution in [3.05, 3.63) is 0 Å². The fraction of sp³-hybridized carbons (Fsp3) is 1.00. The second-order valence-electron chi connectivity index (χ2n) is 7.44. The number of nitrogens with one attached hydrogen (secondary N) is 2. The normalized spacial score (nSPS) is 60.4. The van der Waals surface area contributed by atoms with Crippen LogP contribution < -0.4 is 10.9 Å². The first-order chi connectivity index (χ1) is 8.23. The molecule has 1 saturated heterocycles. The van der Waals surface area contributed by atoms with Gasteiger partial charge in [0.25, 0.3) is 0 Å². The first kappa shape index (κ1) is 10.8. The standard InChI is InChI=1S/C15H26N2/c1-3-9-10-4-5-14-12(8-16-17-14)11(10)6-15(2)7-13(9)15/h9-14,16-17H,3-8H2,1-2H3. The zero-order valence-corrected chi connectivity index (χ0v) is 11.2. The Morgan fingerprint density at radius 1 is 1.12 bits per heavy atom. The van der Waals surface area contributed by atoms with Gasteiger partial charge in [-0.2, -0.15) is 0 Å². The number of hydrazine groups is 1. The van der Waals surface area contributed by atoms with Gasteiger partial charge >= 0.3 is 0 Å². The number of hydrogen-bond donors (Lipinski definition) is 2. The van der Waals surface area contributed by atoms with Gasteiger partial charge in [-0.25, -0.2) is 0 Å². The first-order valence-corrected chi connectivity index (χ1v) is 7.71. The van der Waals surface area contributed by atoms with E-state index in [1.165, 1.54) is 38.6 Å². The van der Waals surface area contributed by atoms with E-state index in [2.05, 4.69) is 24.7 Å². The third-order valence-electron chi connectivity index (χ3n) is 6.71. The molecule has 1 heterocycles. The summed E-state index contributed by atoms with van der Waals surface area (Å²) in [6, 6.07) is 0.785. The zero-order chi connectivity index (χ0) is 11.6. The van der Waals surface area contributed by atoms with Crippen molar-refractivity contribution in [2.45, 2.75) is 52.0 Å². The zero-order valence-electron chi connectivity index (χ0n) is 11.2. The molecule has 0 amide bonds. The van der Waals surface area contributed by atoms with Crippen LogP contribution in [0.25, 0.3) is 0 Å².